The number of rotatable bonds is 2. The second-order valence-corrected chi connectivity index (χ2v) is 5.00. The summed E-state index contributed by atoms with van der Waals surface area (Å²) < 4.78 is 0. The number of nitrogens with two attached hydrogens (primary N) is 1. The van der Waals surface area contributed by atoms with E-state index in [1.54, 1.807) is 24.3 Å². The van der Waals surface area contributed by atoms with Gasteiger partial charge in [0.15, 0.2) is 0 Å². The van der Waals surface area contributed by atoms with E-state index in [-0.39, 0.29) is 10.6 Å². The molecule has 21 heavy (non-hydrogen) atoms. The lowest BCUT2D eigenvalue weighted by Gasteiger charge is -2.08. The number of nitrogen functional groups attached to an aromatic ring is 1. The number of benzene rings is 2. The van der Waals surface area contributed by atoms with Crippen LogP contribution >= 0.6 is 23.2 Å². The lowest BCUT2D eigenvalue weighted by atomic mass is 10.2. The minimum atomic E-state index is -0.541. The van der Waals surface area contributed by atoms with Crippen molar-refractivity contribution in [3.8, 4) is 0 Å². The van der Waals surface area contributed by atoms with Gasteiger partial charge in [0.25, 0.3) is 11.8 Å². The van der Waals surface area contributed by atoms with E-state index in [9.17, 15) is 9.59 Å². The van der Waals surface area contributed by atoms with Crippen molar-refractivity contribution in [3.63, 3.8) is 0 Å². The monoisotopic (exact) mass is 323 g/mol. The number of hydrazine groups is 1. The molecule has 0 aliphatic carbocycles. The topological polar surface area (TPSA) is 84.2 Å². The highest BCUT2D eigenvalue weighted by Crippen LogP contribution is 2.20. The largest absolute Gasteiger partial charge is 0.399 e. The first-order valence-corrected chi connectivity index (χ1v) is 6.64. The van der Waals surface area contributed by atoms with Crippen molar-refractivity contribution in [3.05, 3.63) is 63.6 Å². The molecule has 2 rings (SSSR count). The third kappa shape index (κ3) is 3.87. The Hall–Kier alpha value is -2.24. The lowest BCUT2D eigenvalue weighted by Crippen LogP contribution is -2.41. The van der Waals surface area contributed by atoms with Crippen molar-refractivity contribution in [2.24, 2.45) is 0 Å². The second-order valence-electron chi connectivity index (χ2n) is 4.15. The number of anilines is 1. The molecule has 5 nitrogen and oxygen atoms in total. The van der Waals surface area contributed by atoms with Gasteiger partial charge < -0.3 is 5.73 Å². The molecule has 0 saturated heterocycles. The van der Waals surface area contributed by atoms with Crippen LogP contribution in [0.5, 0.6) is 0 Å². The molecule has 0 heterocycles. The molecule has 0 atom stereocenters. The van der Waals surface area contributed by atoms with Crippen LogP contribution in [0.1, 0.15) is 20.7 Å². The number of nitrogens with one attached hydrogen (secondary N) is 2. The number of carbonyl (C=O) groups is 2. The Bertz CT molecular complexity index is 687. The summed E-state index contributed by atoms with van der Waals surface area (Å²) >= 11 is 11.6. The van der Waals surface area contributed by atoms with Gasteiger partial charge in [-0.3, -0.25) is 20.4 Å². The molecule has 0 aromatic heterocycles. The standard InChI is InChI=1S/C14H11Cl2N3O2/c15-9-3-6-11(12(16)7-9)14(21)19-18-13(20)8-1-4-10(17)5-2-8/h1-7H,17H2,(H,18,20)(H,19,21). The number of halogens is 2. The average Bonchev–Trinajstić information content (AvgIpc) is 2.45. The van der Waals surface area contributed by atoms with E-state index >= 15 is 0 Å². The van der Waals surface area contributed by atoms with Crippen molar-refractivity contribution >= 4 is 40.7 Å². The minimum absolute atomic E-state index is 0.196. The molecular weight excluding hydrogens is 313 g/mol. The summed E-state index contributed by atoms with van der Waals surface area (Å²) in [4.78, 5) is 23.7. The quantitative estimate of drug-likeness (QED) is 0.586. The van der Waals surface area contributed by atoms with E-state index in [0.717, 1.165) is 0 Å². The van der Waals surface area contributed by atoms with Crippen LogP contribution in [0.4, 0.5) is 5.69 Å². The van der Waals surface area contributed by atoms with Gasteiger partial charge in [0, 0.05) is 16.3 Å². The highest BCUT2D eigenvalue weighted by Gasteiger charge is 2.12. The zero-order valence-corrected chi connectivity index (χ0v) is 12.2. The van der Waals surface area contributed by atoms with Gasteiger partial charge in [-0.2, -0.15) is 0 Å². The van der Waals surface area contributed by atoms with E-state index in [1.807, 2.05) is 0 Å². The molecule has 0 saturated carbocycles. The van der Waals surface area contributed by atoms with Crippen LogP contribution in [-0.4, -0.2) is 11.8 Å². The summed E-state index contributed by atoms with van der Waals surface area (Å²) in [5, 5.41) is 0.615. The second kappa shape index (κ2) is 6.47. The van der Waals surface area contributed by atoms with Crippen LogP contribution in [-0.2, 0) is 0 Å². The summed E-state index contributed by atoms with van der Waals surface area (Å²) in [6, 6.07) is 10.7. The van der Waals surface area contributed by atoms with Crippen LogP contribution in [0, 0.1) is 0 Å². The van der Waals surface area contributed by atoms with E-state index in [2.05, 4.69) is 10.9 Å². The molecule has 0 spiro atoms. The van der Waals surface area contributed by atoms with Gasteiger partial charge >= 0.3 is 0 Å². The normalized spacial score (nSPS) is 10.0. The summed E-state index contributed by atoms with van der Waals surface area (Å²) in [6.07, 6.45) is 0. The molecule has 0 bridgehead atoms. The Morgan fingerprint density at radius 3 is 2.14 bits per heavy atom. The first-order chi connectivity index (χ1) is 9.97. The summed E-state index contributed by atoms with van der Waals surface area (Å²) in [5.74, 6) is -1.01. The van der Waals surface area contributed by atoms with Crippen molar-refractivity contribution in [1.29, 1.82) is 0 Å². The molecule has 4 N–H and O–H groups in total. The lowest BCUT2D eigenvalue weighted by molar-refractivity contribution is 0.0847. The first-order valence-electron chi connectivity index (χ1n) is 5.88. The van der Waals surface area contributed by atoms with Crippen molar-refractivity contribution in [2.45, 2.75) is 0 Å². The zero-order chi connectivity index (χ0) is 15.4. The Labute approximate surface area is 131 Å². The van der Waals surface area contributed by atoms with Gasteiger partial charge in [-0.05, 0) is 42.5 Å². The highest BCUT2D eigenvalue weighted by atomic mass is 35.5. The Balaban J connectivity index is 2.00. The van der Waals surface area contributed by atoms with Gasteiger partial charge in [-0.25, -0.2) is 0 Å². The summed E-state index contributed by atoms with van der Waals surface area (Å²) in [6.45, 7) is 0. The SMILES string of the molecule is Nc1ccc(C(=O)NNC(=O)c2ccc(Cl)cc2Cl)cc1. The Morgan fingerprint density at radius 1 is 0.905 bits per heavy atom. The van der Waals surface area contributed by atoms with Crippen molar-refractivity contribution in [2.75, 3.05) is 5.73 Å². The maximum absolute atomic E-state index is 11.9. The van der Waals surface area contributed by atoms with E-state index in [4.69, 9.17) is 28.9 Å². The van der Waals surface area contributed by atoms with E-state index in [1.165, 1.54) is 18.2 Å². The molecule has 108 valence electrons. The third-order valence-corrected chi connectivity index (χ3v) is 3.19. The van der Waals surface area contributed by atoms with E-state index in [0.29, 0.717) is 16.3 Å². The average molecular weight is 324 g/mol. The van der Waals surface area contributed by atoms with Gasteiger partial charge in [0.1, 0.15) is 0 Å². The van der Waals surface area contributed by atoms with Crippen LogP contribution in [0.25, 0.3) is 0 Å². The zero-order valence-electron chi connectivity index (χ0n) is 10.7. The molecule has 2 aromatic carbocycles. The molecule has 0 aliphatic rings. The third-order valence-electron chi connectivity index (χ3n) is 2.64. The van der Waals surface area contributed by atoms with Crippen LogP contribution in [0.15, 0.2) is 42.5 Å². The van der Waals surface area contributed by atoms with Crippen LogP contribution in [0.3, 0.4) is 0 Å². The molecule has 0 fully saturated rings. The molecule has 2 aromatic rings. The number of hydrogen-bond acceptors (Lipinski definition) is 3. The van der Waals surface area contributed by atoms with Gasteiger partial charge in [-0.1, -0.05) is 23.2 Å². The summed E-state index contributed by atoms with van der Waals surface area (Å²) in [7, 11) is 0. The molecule has 7 heteroatoms. The van der Waals surface area contributed by atoms with Crippen molar-refractivity contribution in [1.82, 2.24) is 10.9 Å². The maximum atomic E-state index is 11.9. The van der Waals surface area contributed by atoms with E-state index < -0.39 is 11.8 Å². The highest BCUT2D eigenvalue weighted by molar-refractivity contribution is 6.36. The Kier molecular flexibility index (Phi) is 4.67. The van der Waals surface area contributed by atoms with Crippen molar-refractivity contribution < 1.29 is 9.59 Å². The fraction of sp³-hybridized carbons (Fsp3) is 0. The maximum Gasteiger partial charge on any atom is 0.271 e. The first kappa shape index (κ1) is 15.2. The fourth-order valence-corrected chi connectivity index (χ4v) is 2.06. The van der Waals surface area contributed by atoms with Gasteiger partial charge in [0.2, 0.25) is 0 Å². The minimum Gasteiger partial charge on any atom is -0.399 e. The fourth-order valence-electron chi connectivity index (χ4n) is 1.56. The van der Waals surface area contributed by atoms with Gasteiger partial charge in [0.05, 0.1) is 10.6 Å². The number of hydrogen-bond donors (Lipinski definition) is 3. The molecule has 0 unspecified atom stereocenters. The predicted molar refractivity (Wildman–Crippen MR) is 82.2 cm³/mol. The molecular formula is C14H11Cl2N3O2. The number of amides is 2. The molecule has 2 amide bonds. The molecule has 0 radical (unpaired) electrons. The van der Waals surface area contributed by atoms with Gasteiger partial charge in [-0.15, -0.1) is 0 Å². The Morgan fingerprint density at radius 2 is 1.52 bits per heavy atom. The summed E-state index contributed by atoms with van der Waals surface area (Å²) in [5.41, 5.74) is 11.2. The molecule has 0 aliphatic heterocycles. The number of carbonyl (C=O) groups excluding carboxylic acids is 2. The van der Waals surface area contributed by atoms with Crippen LogP contribution in [0.2, 0.25) is 10.0 Å². The van der Waals surface area contributed by atoms with Crippen LogP contribution < -0.4 is 16.6 Å². The smallest absolute Gasteiger partial charge is 0.271 e. The predicted octanol–water partition coefficient (Wildman–Crippen LogP) is 2.65.